The largest absolute Gasteiger partial charge is 0.484 e. The van der Waals surface area contributed by atoms with Crippen LogP contribution >= 0.6 is 0 Å². The van der Waals surface area contributed by atoms with Crippen molar-refractivity contribution in [3.05, 3.63) is 53.9 Å². The van der Waals surface area contributed by atoms with Gasteiger partial charge in [-0.25, -0.2) is 0 Å². The first-order valence-corrected chi connectivity index (χ1v) is 7.29. The Hall–Kier alpha value is -2.89. The minimum atomic E-state index is -0.154. The van der Waals surface area contributed by atoms with E-state index in [-0.39, 0.29) is 18.3 Å². The zero-order valence-corrected chi connectivity index (χ0v) is 13.2. The third-order valence-electron chi connectivity index (χ3n) is 3.04. The minimum Gasteiger partial charge on any atom is -0.484 e. The molecule has 0 aliphatic carbocycles. The monoisotopic (exact) mass is 313 g/mol. The lowest BCUT2D eigenvalue weighted by molar-refractivity contribution is -0.122. The summed E-state index contributed by atoms with van der Waals surface area (Å²) in [6.45, 7) is 2.42. The fourth-order valence-electron chi connectivity index (χ4n) is 1.89. The molecule has 0 aliphatic heterocycles. The van der Waals surface area contributed by atoms with Crippen LogP contribution in [0.4, 0.5) is 0 Å². The predicted molar refractivity (Wildman–Crippen MR) is 87.2 cm³/mol. The second-order valence-corrected chi connectivity index (χ2v) is 4.91. The van der Waals surface area contributed by atoms with E-state index in [1.165, 1.54) is 12.3 Å². The standard InChI is InChI=1S/C17H19N3O3/c1-3-18-17(22)12-23-15-7-4-13(5-8-15)6-9-16(21)14-10-19-20(2)11-14/h4-11H,3,12H2,1-2H3,(H,18,22)/b9-6-. The van der Waals surface area contributed by atoms with E-state index in [4.69, 9.17) is 4.74 Å². The van der Waals surface area contributed by atoms with Crippen molar-refractivity contribution in [3.63, 3.8) is 0 Å². The highest BCUT2D eigenvalue weighted by Crippen LogP contribution is 2.13. The molecule has 0 atom stereocenters. The molecule has 0 saturated carbocycles. The molecule has 1 N–H and O–H groups in total. The summed E-state index contributed by atoms with van der Waals surface area (Å²) < 4.78 is 6.94. The number of carbonyl (C=O) groups excluding carboxylic acids is 2. The Morgan fingerprint density at radius 3 is 2.65 bits per heavy atom. The zero-order valence-electron chi connectivity index (χ0n) is 13.2. The van der Waals surface area contributed by atoms with Crippen LogP contribution in [0.5, 0.6) is 5.75 Å². The number of allylic oxidation sites excluding steroid dienone is 1. The zero-order chi connectivity index (χ0) is 16.7. The molecule has 0 bridgehead atoms. The van der Waals surface area contributed by atoms with E-state index in [0.29, 0.717) is 17.9 Å². The molecule has 2 aromatic rings. The van der Waals surface area contributed by atoms with Crippen molar-refractivity contribution in [1.29, 1.82) is 0 Å². The number of aromatic nitrogens is 2. The van der Waals surface area contributed by atoms with Crippen LogP contribution in [0, 0.1) is 0 Å². The van der Waals surface area contributed by atoms with Gasteiger partial charge < -0.3 is 10.1 Å². The lowest BCUT2D eigenvalue weighted by Gasteiger charge is -2.06. The van der Waals surface area contributed by atoms with Crippen molar-refractivity contribution in [3.8, 4) is 5.75 Å². The number of hydrogen-bond acceptors (Lipinski definition) is 4. The Morgan fingerprint density at radius 2 is 2.04 bits per heavy atom. The number of rotatable bonds is 7. The highest BCUT2D eigenvalue weighted by atomic mass is 16.5. The quantitative estimate of drug-likeness (QED) is 0.625. The number of ether oxygens (including phenoxy) is 1. The average molecular weight is 313 g/mol. The maximum Gasteiger partial charge on any atom is 0.257 e. The molecule has 6 nitrogen and oxygen atoms in total. The topological polar surface area (TPSA) is 73.2 Å². The van der Waals surface area contributed by atoms with E-state index in [1.807, 2.05) is 19.1 Å². The number of aryl methyl sites for hydroxylation is 1. The van der Waals surface area contributed by atoms with Crippen LogP contribution in [-0.4, -0.2) is 34.6 Å². The van der Waals surface area contributed by atoms with E-state index in [2.05, 4.69) is 10.4 Å². The summed E-state index contributed by atoms with van der Waals surface area (Å²) in [5.41, 5.74) is 1.42. The van der Waals surface area contributed by atoms with Crippen LogP contribution in [0.3, 0.4) is 0 Å². The summed E-state index contributed by atoms with van der Waals surface area (Å²) in [6, 6.07) is 7.15. The number of nitrogens with zero attached hydrogens (tertiary/aromatic N) is 2. The van der Waals surface area contributed by atoms with E-state index < -0.39 is 0 Å². The SMILES string of the molecule is CCNC(=O)COc1ccc(/C=C\C(=O)c2cnn(C)c2)cc1. The first-order valence-electron chi connectivity index (χ1n) is 7.29. The number of benzene rings is 1. The lowest BCUT2D eigenvalue weighted by Crippen LogP contribution is -2.28. The molecule has 1 aromatic carbocycles. The normalized spacial score (nSPS) is 10.7. The molecular weight excluding hydrogens is 294 g/mol. The van der Waals surface area contributed by atoms with Gasteiger partial charge in [0, 0.05) is 19.8 Å². The van der Waals surface area contributed by atoms with Gasteiger partial charge in [-0.1, -0.05) is 18.2 Å². The van der Waals surface area contributed by atoms with Crippen molar-refractivity contribution in [1.82, 2.24) is 15.1 Å². The Labute approximate surface area is 134 Å². The summed E-state index contributed by atoms with van der Waals surface area (Å²) in [5.74, 6) is 0.347. The third-order valence-corrected chi connectivity index (χ3v) is 3.04. The van der Waals surface area contributed by atoms with Gasteiger partial charge in [0.2, 0.25) is 0 Å². The molecule has 2 rings (SSSR count). The molecule has 0 radical (unpaired) electrons. The van der Waals surface area contributed by atoms with Crippen LogP contribution in [0.25, 0.3) is 6.08 Å². The first-order chi connectivity index (χ1) is 11.1. The van der Waals surface area contributed by atoms with Crippen LogP contribution in [0.1, 0.15) is 22.8 Å². The number of ketones is 1. The number of amides is 1. The fourth-order valence-corrected chi connectivity index (χ4v) is 1.89. The molecule has 0 fully saturated rings. The molecule has 1 amide bonds. The molecular formula is C17H19N3O3. The molecule has 23 heavy (non-hydrogen) atoms. The number of nitrogens with one attached hydrogen (secondary N) is 1. The van der Waals surface area contributed by atoms with Crippen LogP contribution < -0.4 is 10.1 Å². The summed E-state index contributed by atoms with van der Waals surface area (Å²) in [7, 11) is 1.76. The summed E-state index contributed by atoms with van der Waals surface area (Å²) in [4.78, 5) is 23.2. The second-order valence-electron chi connectivity index (χ2n) is 4.91. The molecule has 1 heterocycles. The third kappa shape index (κ3) is 5.10. The van der Waals surface area contributed by atoms with Crippen LogP contribution in [0.15, 0.2) is 42.7 Å². The number of likely N-dealkylation sites (N-methyl/N-ethyl adjacent to an activating group) is 1. The van der Waals surface area contributed by atoms with E-state index in [9.17, 15) is 9.59 Å². The van der Waals surface area contributed by atoms with Gasteiger partial charge >= 0.3 is 0 Å². The van der Waals surface area contributed by atoms with Gasteiger partial charge in [0.25, 0.3) is 5.91 Å². The average Bonchev–Trinajstić information content (AvgIpc) is 2.98. The first kappa shape index (κ1) is 16.5. The number of carbonyl (C=O) groups is 2. The maximum atomic E-state index is 11.9. The van der Waals surface area contributed by atoms with Gasteiger partial charge in [-0.05, 0) is 30.7 Å². The Morgan fingerprint density at radius 1 is 1.30 bits per heavy atom. The van der Waals surface area contributed by atoms with Crippen molar-refractivity contribution < 1.29 is 14.3 Å². The van der Waals surface area contributed by atoms with Crippen molar-refractivity contribution in [2.45, 2.75) is 6.92 Å². The minimum absolute atomic E-state index is 0.0114. The molecule has 0 saturated heterocycles. The molecule has 0 unspecified atom stereocenters. The van der Waals surface area contributed by atoms with Crippen molar-refractivity contribution >= 4 is 17.8 Å². The lowest BCUT2D eigenvalue weighted by atomic mass is 10.1. The van der Waals surface area contributed by atoms with Gasteiger partial charge in [-0.15, -0.1) is 0 Å². The van der Waals surface area contributed by atoms with Crippen LogP contribution in [0.2, 0.25) is 0 Å². The summed E-state index contributed by atoms with van der Waals surface area (Å²) >= 11 is 0. The van der Waals surface area contributed by atoms with Gasteiger partial charge in [-0.2, -0.15) is 5.10 Å². The highest BCUT2D eigenvalue weighted by Gasteiger charge is 2.04. The van der Waals surface area contributed by atoms with Crippen molar-refractivity contribution in [2.75, 3.05) is 13.2 Å². The van der Waals surface area contributed by atoms with Crippen LogP contribution in [-0.2, 0) is 11.8 Å². The molecule has 6 heteroatoms. The van der Waals surface area contributed by atoms with Gasteiger partial charge in [-0.3, -0.25) is 14.3 Å². The van der Waals surface area contributed by atoms with E-state index >= 15 is 0 Å². The molecule has 120 valence electrons. The molecule has 0 spiro atoms. The Kier molecular flexibility index (Phi) is 5.68. The van der Waals surface area contributed by atoms with Gasteiger partial charge in [0.1, 0.15) is 5.75 Å². The Balaban J connectivity index is 1.90. The number of hydrogen-bond donors (Lipinski definition) is 1. The smallest absolute Gasteiger partial charge is 0.257 e. The molecule has 1 aromatic heterocycles. The second kappa shape index (κ2) is 7.93. The van der Waals surface area contributed by atoms with Crippen molar-refractivity contribution in [2.24, 2.45) is 7.05 Å². The fraction of sp³-hybridized carbons (Fsp3) is 0.235. The van der Waals surface area contributed by atoms with Gasteiger partial charge in [0.05, 0.1) is 11.8 Å². The highest BCUT2D eigenvalue weighted by molar-refractivity contribution is 6.06. The van der Waals surface area contributed by atoms with Gasteiger partial charge in [0.15, 0.2) is 12.4 Å². The molecule has 0 aliphatic rings. The maximum absolute atomic E-state index is 11.9. The summed E-state index contributed by atoms with van der Waals surface area (Å²) in [5, 5.41) is 6.62. The van der Waals surface area contributed by atoms with E-state index in [1.54, 1.807) is 36.1 Å². The summed E-state index contributed by atoms with van der Waals surface area (Å²) in [6.07, 6.45) is 6.43. The predicted octanol–water partition coefficient (Wildman–Crippen LogP) is 1.83. The Bertz CT molecular complexity index is 702. The van der Waals surface area contributed by atoms with E-state index in [0.717, 1.165) is 5.56 Å².